The van der Waals surface area contributed by atoms with Gasteiger partial charge in [-0.05, 0) is 26.0 Å². The predicted molar refractivity (Wildman–Crippen MR) is 74.2 cm³/mol. The van der Waals surface area contributed by atoms with Gasteiger partial charge in [0.1, 0.15) is 6.10 Å². The zero-order valence-corrected chi connectivity index (χ0v) is 11.7. The van der Waals surface area contributed by atoms with E-state index >= 15 is 0 Å². The molecule has 1 heterocycles. The molecule has 106 valence electrons. The van der Waals surface area contributed by atoms with Crippen molar-refractivity contribution in [1.29, 1.82) is 0 Å². The molecule has 1 aromatic heterocycles. The van der Waals surface area contributed by atoms with Crippen LogP contribution in [0.3, 0.4) is 0 Å². The van der Waals surface area contributed by atoms with Crippen molar-refractivity contribution >= 4 is 11.6 Å². The van der Waals surface area contributed by atoms with Crippen molar-refractivity contribution in [1.82, 2.24) is 10.2 Å². The van der Waals surface area contributed by atoms with Crippen LogP contribution in [0.5, 0.6) is 0 Å². The molecule has 0 radical (unpaired) electrons. The quantitative estimate of drug-likeness (QED) is 0.906. The molecule has 0 unspecified atom stereocenters. The molecule has 0 bridgehead atoms. The van der Waals surface area contributed by atoms with E-state index < -0.39 is 6.10 Å². The van der Waals surface area contributed by atoms with E-state index in [0.29, 0.717) is 29.6 Å². The molecule has 0 aliphatic heterocycles. The van der Waals surface area contributed by atoms with Crippen molar-refractivity contribution in [2.45, 2.75) is 26.9 Å². The average Bonchev–Trinajstić information content (AvgIpc) is 2.86. The number of ether oxygens (including phenoxy) is 1. The lowest BCUT2D eigenvalue weighted by Crippen LogP contribution is -2.27. The van der Waals surface area contributed by atoms with Crippen LogP contribution in [0, 0.1) is 6.92 Å². The number of hydrogen-bond donors (Lipinski definition) is 1. The van der Waals surface area contributed by atoms with E-state index in [1.54, 1.807) is 19.9 Å². The predicted octanol–water partition coefficient (Wildman–Crippen LogP) is 2.41. The Balaban J connectivity index is 2.22. The molecule has 0 aliphatic carbocycles. The number of hydrogen-bond acceptors (Lipinski definition) is 5. The molecule has 2 rings (SSSR count). The first-order chi connectivity index (χ1) is 9.61. The highest BCUT2D eigenvalue weighted by Gasteiger charge is 2.16. The second-order valence-electron chi connectivity index (χ2n) is 4.26. The molecule has 6 nitrogen and oxygen atoms in total. The summed E-state index contributed by atoms with van der Waals surface area (Å²) in [4.78, 5) is 12.0. The van der Waals surface area contributed by atoms with Gasteiger partial charge in [-0.1, -0.05) is 12.1 Å². The van der Waals surface area contributed by atoms with Crippen LogP contribution < -0.4 is 5.32 Å². The van der Waals surface area contributed by atoms with Crippen LogP contribution in [0.1, 0.15) is 19.7 Å². The SMILES string of the molecule is CCO[C@H](C)C(=O)Nc1ccccc1-c1nnc(C)o1. The van der Waals surface area contributed by atoms with Crippen LogP contribution in [0.25, 0.3) is 11.5 Å². The van der Waals surface area contributed by atoms with Gasteiger partial charge in [0.05, 0.1) is 11.3 Å². The van der Waals surface area contributed by atoms with E-state index in [4.69, 9.17) is 9.15 Å². The molecule has 1 N–H and O–H groups in total. The Bertz CT molecular complexity index is 595. The van der Waals surface area contributed by atoms with Gasteiger partial charge in [0.2, 0.25) is 11.8 Å². The number of aromatic nitrogens is 2. The van der Waals surface area contributed by atoms with E-state index in [0.717, 1.165) is 0 Å². The average molecular weight is 275 g/mol. The number of aryl methyl sites for hydroxylation is 1. The maximum Gasteiger partial charge on any atom is 0.253 e. The summed E-state index contributed by atoms with van der Waals surface area (Å²) < 4.78 is 10.7. The Kier molecular flexibility index (Phi) is 4.47. The molecule has 20 heavy (non-hydrogen) atoms. The Labute approximate surface area is 117 Å². The first kappa shape index (κ1) is 14.2. The van der Waals surface area contributed by atoms with Gasteiger partial charge in [0, 0.05) is 13.5 Å². The lowest BCUT2D eigenvalue weighted by Gasteiger charge is -2.13. The summed E-state index contributed by atoms with van der Waals surface area (Å²) in [6.45, 7) is 5.76. The van der Waals surface area contributed by atoms with Crippen LogP contribution in [-0.4, -0.2) is 28.8 Å². The molecule has 2 aromatic rings. The van der Waals surface area contributed by atoms with Gasteiger partial charge in [-0.15, -0.1) is 10.2 Å². The third-order valence-electron chi connectivity index (χ3n) is 2.73. The molecule has 0 fully saturated rings. The van der Waals surface area contributed by atoms with Gasteiger partial charge in [0.25, 0.3) is 5.91 Å². The fourth-order valence-electron chi connectivity index (χ4n) is 1.74. The number of benzene rings is 1. The maximum atomic E-state index is 12.0. The van der Waals surface area contributed by atoms with E-state index in [-0.39, 0.29) is 5.91 Å². The van der Waals surface area contributed by atoms with Gasteiger partial charge in [-0.3, -0.25) is 4.79 Å². The molecular weight excluding hydrogens is 258 g/mol. The summed E-state index contributed by atoms with van der Waals surface area (Å²) in [6, 6.07) is 7.27. The number of para-hydroxylation sites is 1. The van der Waals surface area contributed by atoms with Gasteiger partial charge < -0.3 is 14.5 Å². The standard InChI is InChI=1S/C14H17N3O3/c1-4-19-9(2)13(18)15-12-8-6-5-7-11(12)14-17-16-10(3)20-14/h5-9H,4H2,1-3H3,(H,15,18)/t9-/m1/s1. The Morgan fingerprint density at radius 3 is 2.80 bits per heavy atom. The smallest absolute Gasteiger partial charge is 0.253 e. The Morgan fingerprint density at radius 2 is 2.15 bits per heavy atom. The second-order valence-corrected chi connectivity index (χ2v) is 4.26. The van der Waals surface area contributed by atoms with E-state index in [1.165, 1.54) is 0 Å². The summed E-state index contributed by atoms with van der Waals surface area (Å²) in [7, 11) is 0. The highest BCUT2D eigenvalue weighted by molar-refractivity contribution is 5.97. The summed E-state index contributed by atoms with van der Waals surface area (Å²) in [6.07, 6.45) is -0.516. The number of rotatable bonds is 5. The van der Waals surface area contributed by atoms with Crippen LogP contribution in [0.2, 0.25) is 0 Å². The largest absolute Gasteiger partial charge is 0.421 e. The summed E-state index contributed by atoms with van der Waals surface area (Å²) in [5.74, 6) is 0.641. The summed E-state index contributed by atoms with van der Waals surface area (Å²) >= 11 is 0. The molecular formula is C14H17N3O3. The van der Waals surface area contributed by atoms with Crippen LogP contribution in [0.4, 0.5) is 5.69 Å². The molecule has 1 aromatic carbocycles. The number of anilines is 1. The number of nitrogens with one attached hydrogen (secondary N) is 1. The van der Waals surface area contributed by atoms with E-state index in [1.807, 2.05) is 25.1 Å². The minimum absolute atomic E-state index is 0.212. The third-order valence-corrected chi connectivity index (χ3v) is 2.73. The Hall–Kier alpha value is -2.21. The first-order valence-electron chi connectivity index (χ1n) is 6.43. The number of nitrogens with zero attached hydrogens (tertiary/aromatic N) is 2. The van der Waals surface area contributed by atoms with E-state index in [9.17, 15) is 4.79 Å². The fourth-order valence-corrected chi connectivity index (χ4v) is 1.74. The molecule has 1 atom stereocenters. The molecule has 0 aliphatic rings. The molecule has 0 saturated heterocycles. The third kappa shape index (κ3) is 3.21. The molecule has 1 amide bonds. The van der Waals surface area contributed by atoms with Crippen LogP contribution in [-0.2, 0) is 9.53 Å². The minimum Gasteiger partial charge on any atom is -0.421 e. The second kappa shape index (κ2) is 6.29. The van der Waals surface area contributed by atoms with Crippen LogP contribution in [0.15, 0.2) is 28.7 Å². The van der Waals surface area contributed by atoms with Crippen molar-refractivity contribution in [2.75, 3.05) is 11.9 Å². The zero-order valence-electron chi connectivity index (χ0n) is 11.7. The van der Waals surface area contributed by atoms with Crippen molar-refractivity contribution in [2.24, 2.45) is 0 Å². The zero-order chi connectivity index (χ0) is 14.5. The van der Waals surface area contributed by atoms with Crippen LogP contribution >= 0.6 is 0 Å². The Morgan fingerprint density at radius 1 is 1.40 bits per heavy atom. The van der Waals surface area contributed by atoms with Gasteiger partial charge >= 0.3 is 0 Å². The van der Waals surface area contributed by atoms with E-state index in [2.05, 4.69) is 15.5 Å². The van der Waals surface area contributed by atoms with Crippen molar-refractivity contribution in [3.05, 3.63) is 30.2 Å². The summed E-state index contributed by atoms with van der Waals surface area (Å²) in [5, 5.41) is 10.6. The van der Waals surface area contributed by atoms with Crippen molar-refractivity contribution in [3.8, 4) is 11.5 Å². The summed E-state index contributed by atoms with van der Waals surface area (Å²) in [5.41, 5.74) is 1.30. The topological polar surface area (TPSA) is 77.2 Å². The number of carbonyl (C=O) groups excluding carboxylic acids is 1. The number of amides is 1. The molecule has 0 saturated carbocycles. The lowest BCUT2D eigenvalue weighted by molar-refractivity contribution is -0.126. The molecule has 6 heteroatoms. The monoisotopic (exact) mass is 275 g/mol. The van der Waals surface area contributed by atoms with Gasteiger partial charge in [-0.2, -0.15) is 0 Å². The highest BCUT2D eigenvalue weighted by atomic mass is 16.5. The highest BCUT2D eigenvalue weighted by Crippen LogP contribution is 2.26. The minimum atomic E-state index is -0.516. The number of carbonyl (C=O) groups is 1. The van der Waals surface area contributed by atoms with Crippen molar-refractivity contribution in [3.63, 3.8) is 0 Å². The maximum absolute atomic E-state index is 12.0. The molecule has 0 spiro atoms. The fraction of sp³-hybridized carbons (Fsp3) is 0.357. The first-order valence-corrected chi connectivity index (χ1v) is 6.43. The van der Waals surface area contributed by atoms with Gasteiger partial charge in [-0.25, -0.2) is 0 Å². The van der Waals surface area contributed by atoms with Crippen molar-refractivity contribution < 1.29 is 13.9 Å². The lowest BCUT2D eigenvalue weighted by atomic mass is 10.1. The van der Waals surface area contributed by atoms with Gasteiger partial charge in [0.15, 0.2) is 0 Å². The normalized spacial score (nSPS) is 12.2.